The van der Waals surface area contributed by atoms with Crippen LogP contribution < -0.4 is 10.1 Å². The van der Waals surface area contributed by atoms with Gasteiger partial charge in [0.15, 0.2) is 0 Å². The maximum Gasteiger partial charge on any atom is 0.123 e. The molecule has 1 fully saturated rings. The molecule has 0 aliphatic carbocycles. The van der Waals surface area contributed by atoms with Crippen LogP contribution in [0.3, 0.4) is 0 Å². The fraction of sp³-hybridized carbons (Fsp3) is 0.625. The number of nitrogens with one attached hydrogen (secondary N) is 1. The van der Waals surface area contributed by atoms with Crippen molar-refractivity contribution in [1.29, 1.82) is 0 Å². The highest BCUT2D eigenvalue weighted by Crippen LogP contribution is 2.17. The maximum atomic E-state index is 5.73. The van der Waals surface area contributed by atoms with Crippen LogP contribution in [0, 0.1) is 0 Å². The van der Waals surface area contributed by atoms with Crippen molar-refractivity contribution in [2.24, 2.45) is 0 Å². The van der Waals surface area contributed by atoms with Gasteiger partial charge in [0.1, 0.15) is 12.4 Å². The van der Waals surface area contributed by atoms with Crippen LogP contribution in [-0.2, 0) is 16.0 Å². The van der Waals surface area contributed by atoms with Crippen LogP contribution >= 0.6 is 0 Å². The number of rotatable bonds is 9. The Morgan fingerprint density at radius 1 is 1.19 bits per heavy atom. The first-order valence-corrected chi connectivity index (χ1v) is 7.60. The van der Waals surface area contributed by atoms with Gasteiger partial charge in [0.25, 0.3) is 0 Å². The third kappa shape index (κ3) is 6.01. The lowest BCUT2D eigenvalue weighted by molar-refractivity contribution is 0.0384. The summed E-state index contributed by atoms with van der Waals surface area (Å²) in [5.41, 5.74) is 1.19. The third-order valence-electron chi connectivity index (χ3n) is 3.54. The van der Waals surface area contributed by atoms with Crippen LogP contribution in [0.15, 0.2) is 24.3 Å². The topological polar surface area (TPSA) is 43.0 Å². The third-order valence-corrected chi connectivity index (χ3v) is 3.54. The molecule has 0 amide bonds. The van der Waals surface area contributed by atoms with Crippen molar-refractivity contribution in [3.8, 4) is 5.75 Å². The zero-order valence-electron chi connectivity index (χ0n) is 12.8. The van der Waals surface area contributed by atoms with E-state index in [1.807, 2.05) is 18.2 Å². The van der Waals surface area contributed by atoms with Gasteiger partial charge >= 0.3 is 0 Å². The Labute approximate surface area is 127 Å². The summed E-state index contributed by atoms with van der Waals surface area (Å²) in [6.07, 6.45) is 0. The second-order valence-electron chi connectivity index (χ2n) is 5.08. The van der Waals surface area contributed by atoms with Crippen molar-refractivity contribution in [2.45, 2.75) is 6.54 Å². The lowest BCUT2D eigenvalue weighted by Crippen LogP contribution is -2.40. The number of hydrogen-bond donors (Lipinski definition) is 1. The van der Waals surface area contributed by atoms with Crippen LogP contribution in [-0.4, -0.2) is 64.6 Å². The van der Waals surface area contributed by atoms with Crippen molar-refractivity contribution in [1.82, 2.24) is 10.2 Å². The summed E-state index contributed by atoms with van der Waals surface area (Å²) in [4.78, 5) is 2.43. The maximum absolute atomic E-state index is 5.73. The van der Waals surface area contributed by atoms with Crippen LogP contribution in [0.2, 0.25) is 0 Å². The van der Waals surface area contributed by atoms with Gasteiger partial charge < -0.3 is 19.5 Å². The molecule has 5 nitrogen and oxygen atoms in total. The van der Waals surface area contributed by atoms with Crippen molar-refractivity contribution >= 4 is 0 Å². The van der Waals surface area contributed by atoms with E-state index >= 15 is 0 Å². The highest BCUT2D eigenvalue weighted by Gasteiger charge is 2.09. The summed E-state index contributed by atoms with van der Waals surface area (Å²) in [5.74, 6) is 0.938. The molecule has 1 N–H and O–H groups in total. The molecule has 0 unspecified atom stereocenters. The van der Waals surface area contributed by atoms with Crippen LogP contribution in [0.4, 0.5) is 0 Å². The molecule has 1 saturated heterocycles. The minimum absolute atomic E-state index is 0.585. The number of methoxy groups -OCH3 is 1. The second-order valence-corrected chi connectivity index (χ2v) is 5.08. The van der Waals surface area contributed by atoms with Gasteiger partial charge in [-0.05, 0) is 6.07 Å². The normalized spacial score (nSPS) is 16.0. The highest BCUT2D eigenvalue weighted by molar-refractivity contribution is 5.33. The second kappa shape index (κ2) is 9.73. The zero-order chi connectivity index (χ0) is 14.8. The molecule has 1 heterocycles. The average Bonchev–Trinajstić information content (AvgIpc) is 2.54. The van der Waals surface area contributed by atoms with E-state index in [0.717, 1.165) is 51.7 Å². The van der Waals surface area contributed by atoms with Crippen molar-refractivity contribution in [3.05, 3.63) is 29.8 Å². The number of hydrogen-bond acceptors (Lipinski definition) is 5. The van der Waals surface area contributed by atoms with Gasteiger partial charge in [-0.3, -0.25) is 4.90 Å². The first-order chi connectivity index (χ1) is 10.4. The van der Waals surface area contributed by atoms with Gasteiger partial charge in [-0.25, -0.2) is 0 Å². The minimum Gasteiger partial charge on any atom is -0.491 e. The molecule has 0 radical (unpaired) electrons. The van der Waals surface area contributed by atoms with Gasteiger partial charge in [-0.15, -0.1) is 0 Å². The first kappa shape index (κ1) is 16.2. The number of ether oxygens (including phenoxy) is 3. The van der Waals surface area contributed by atoms with Crippen LogP contribution in [0.5, 0.6) is 5.75 Å². The number of nitrogens with zero attached hydrogens (tertiary/aromatic N) is 1. The molecule has 0 saturated carbocycles. The van der Waals surface area contributed by atoms with E-state index in [1.165, 1.54) is 5.56 Å². The van der Waals surface area contributed by atoms with E-state index in [9.17, 15) is 0 Å². The Morgan fingerprint density at radius 3 is 2.81 bits per heavy atom. The van der Waals surface area contributed by atoms with Gasteiger partial charge in [0.05, 0.1) is 19.8 Å². The summed E-state index contributed by atoms with van der Waals surface area (Å²) in [5, 5.41) is 3.49. The molecule has 0 aromatic heterocycles. The smallest absolute Gasteiger partial charge is 0.123 e. The van der Waals surface area contributed by atoms with Crippen LogP contribution in [0.25, 0.3) is 0 Å². The Hall–Kier alpha value is -1.14. The first-order valence-electron chi connectivity index (χ1n) is 7.60. The highest BCUT2D eigenvalue weighted by atomic mass is 16.5. The molecule has 0 atom stereocenters. The number of benzene rings is 1. The van der Waals surface area contributed by atoms with Crippen molar-refractivity contribution in [2.75, 3.05) is 59.7 Å². The molecule has 1 aliphatic rings. The largest absolute Gasteiger partial charge is 0.491 e. The molecule has 5 heteroatoms. The molecular formula is C16H26N2O3. The zero-order valence-corrected chi connectivity index (χ0v) is 12.8. The lowest BCUT2D eigenvalue weighted by Gasteiger charge is -2.26. The van der Waals surface area contributed by atoms with E-state index in [2.05, 4.69) is 16.3 Å². The number of morpholine rings is 1. The predicted molar refractivity (Wildman–Crippen MR) is 82.8 cm³/mol. The standard InChI is InChI=1S/C16H26N2O3/c1-19-12-13-21-16-5-3-2-4-15(16)14-17-6-7-18-8-10-20-11-9-18/h2-5,17H,6-14H2,1H3. The van der Waals surface area contributed by atoms with Gasteiger partial charge in [-0.1, -0.05) is 18.2 Å². The molecule has 0 bridgehead atoms. The van der Waals surface area contributed by atoms with E-state index in [0.29, 0.717) is 13.2 Å². The fourth-order valence-corrected chi connectivity index (χ4v) is 2.31. The molecule has 2 rings (SSSR count). The monoisotopic (exact) mass is 294 g/mol. The predicted octanol–water partition coefficient (Wildman–Crippen LogP) is 1.13. The summed E-state index contributed by atoms with van der Waals surface area (Å²) < 4.78 is 16.1. The molecule has 21 heavy (non-hydrogen) atoms. The van der Waals surface area contributed by atoms with Gasteiger partial charge in [-0.2, -0.15) is 0 Å². The fourth-order valence-electron chi connectivity index (χ4n) is 2.31. The van der Waals surface area contributed by atoms with E-state index in [-0.39, 0.29) is 0 Å². The molecule has 118 valence electrons. The Morgan fingerprint density at radius 2 is 2.00 bits per heavy atom. The molecule has 1 aliphatic heterocycles. The van der Waals surface area contributed by atoms with Crippen molar-refractivity contribution < 1.29 is 14.2 Å². The van der Waals surface area contributed by atoms with Gasteiger partial charge in [0.2, 0.25) is 0 Å². The minimum atomic E-state index is 0.585. The average molecular weight is 294 g/mol. The van der Waals surface area contributed by atoms with E-state index in [4.69, 9.17) is 14.2 Å². The SMILES string of the molecule is COCCOc1ccccc1CNCCN1CCOCC1. The summed E-state index contributed by atoms with van der Waals surface area (Å²) in [7, 11) is 1.68. The Kier molecular flexibility index (Phi) is 7.53. The van der Waals surface area contributed by atoms with E-state index < -0.39 is 0 Å². The molecule has 1 aromatic carbocycles. The quantitative estimate of drug-likeness (QED) is 0.692. The summed E-state index contributed by atoms with van der Waals surface area (Å²) in [6.45, 7) is 7.86. The summed E-state index contributed by atoms with van der Waals surface area (Å²) in [6, 6.07) is 8.15. The van der Waals surface area contributed by atoms with Gasteiger partial charge in [0, 0.05) is 45.4 Å². The number of para-hydroxylation sites is 1. The summed E-state index contributed by atoms with van der Waals surface area (Å²) >= 11 is 0. The van der Waals surface area contributed by atoms with E-state index in [1.54, 1.807) is 7.11 Å². The lowest BCUT2D eigenvalue weighted by atomic mass is 10.2. The van der Waals surface area contributed by atoms with Crippen LogP contribution in [0.1, 0.15) is 5.56 Å². The molecule has 0 spiro atoms. The van der Waals surface area contributed by atoms with Crippen molar-refractivity contribution in [3.63, 3.8) is 0 Å². The molecular weight excluding hydrogens is 268 g/mol. The Balaban J connectivity index is 1.69. The molecule has 1 aromatic rings. The Bertz CT molecular complexity index is 395.